The summed E-state index contributed by atoms with van der Waals surface area (Å²) in [6.45, 7) is 6.25. The number of H-pyrrole nitrogens is 1. The van der Waals surface area contributed by atoms with Crippen molar-refractivity contribution in [2.45, 2.75) is 33.4 Å². The molecular formula is C10H18N4O. The number of nitrogens with one attached hydrogen (secondary N) is 2. The van der Waals surface area contributed by atoms with Crippen molar-refractivity contribution < 1.29 is 4.79 Å². The van der Waals surface area contributed by atoms with Gasteiger partial charge in [-0.15, -0.1) is 0 Å². The third kappa shape index (κ3) is 3.36. The second-order valence-corrected chi connectivity index (χ2v) is 4.64. The molecule has 15 heavy (non-hydrogen) atoms. The maximum Gasteiger partial charge on any atom is 0.237 e. The van der Waals surface area contributed by atoms with Gasteiger partial charge < -0.3 is 11.1 Å². The lowest BCUT2D eigenvalue weighted by molar-refractivity contribution is -0.124. The van der Waals surface area contributed by atoms with Crippen molar-refractivity contribution in [1.29, 1.82) is 0 Å². The van der Waals surface area contributed by atoms with Crippen molar-refractivity contribution in [3.05, 3.63) is 18.0 Å². The van der Waals surface area contributed by atoms with Crippen molar-refractivity contribution in [1.82, 2.24) is 15.5 Å². The Hall–Kier alpha value is -1.36. The Morgan fingerprint density at radius 1 is 1.67 bits per heavy atom. The van der Waals surface area contributed by atoms with Crippen LogP contribution >= 0.6 is 0 Å². The van der Waals surface area contributed by atoms with Crippen LogP contribution in [0.1, 0.15) is 26.5 Å². The molecule has 0 saturated heterocycles. The first-order chi connectivity index (χ1) is 6.91. The Labute approximate surface area is 89.4 Å². The van der Waals surface area contributed by atoms with E-state index in [2.05, 4.69) is 15.5 Å². The Bertz CT molecular complexity index is 313. The lowest BCUT2D eigenvalue weighted by Gasteiger charge is -2.25. The zero-order valence-electron chi connectivity index (χ0n) is 9.37. The van der Waals surface area contributed by atoms with Crippen LogP contribution in [0.25, 0.3) is 0 Å². The fourth-order valence-corrected chi connectivity index (χ4v) is 1.07. The van der Waals surface area contributed by atoms with Crippen LogP contribution in [0.3, 0.4) is 0 Å². The van der Waals surface area contributed by atoms with Gasteiger partial charge in [-0.3, -0.25) is 9.89 Å². The third-order valence-corrected chi connectivity index (χ3v) is 2.23. The predicted molar refractivity (Wildman–Crippen MR) is 57.9 cm³/mol. The maximum atomic E-state index is 11.6. The summed E-state index contributed by atoms with van der Waals surface area (Å²) in [5.41, 5.74) is 6.44. The molecule has 0 aliphatic carbocycles. The van der Waals surface area contributed by atoms with Crippen molar-refractivity contribution >= 4 is 5.91 Å². The van der Waals surface area contributed by atoms with E-state index < -0.39 is 6.04 Å². The number of carbonyl (C=O) groups is 1. The number of nitrogens with zero attached hydrogens (tertiary/aromatic N) is 1. The zero-order chi connectivity index (χ0) is 11.5. The Morgan fingerprint density at radius 2 is 2.33 bits per heavy atom. The van der Waals surface area contributed by atoms with E-state index in [1.54, 1.807) is 6.20 Å². The number of aromatic nitrogens is 2. The summed E-state index contributed by atoms with van der Waals surface area (Å²) in [4.78, 5) is 11.6. The van der Waals surface area contributed by atoms with Gasteiger partial charge in [-0.2, -0.15) is 5.10 Å². The van der Waals surface area contributed by atoms with Gasteiger partial charge in [0.2, 0.25) is 5.91 Å². The molecule has 0 radical (unpaired) electrons. The van der Waals surface area contributed by atoms with Crippen molar-refractivity contribution in [3.63, 3.8) is 0 Å². The molecule has 0 fully saturated rings. The van der Waals surface area contributed by atoms with E-state index in [9.17, 15) is 4.79 Å². The Balaban J connectivity index is 2.43. The van der Waals surface area contributed by atoms with Crippen molar-refractivity contribution in [2.75, 3.05) is 0 Å². The maximum absolute atomic E-state index is 11.6. The van der Waals surface area contributed by atoms with Gasteiger partial charge in [0.1, 0.15) is 0 Å². The number of rotatable bonds is 3. The third-order valence-electron chi connectivity index (χ3n) is 2.23. The van der Waals surface area contributed by atoms with Gasteiger partial charge >= 0.3 is 0 Å². The average molecular weight is 210 g/mol. The molecule has 1 heterocycles. The van der Waals surface area contributed by atoms with Gasteiger partial charge in [-0.05, 0) is 11.5 Å². The number of hydrogen-bond donors (Lipinski definition) is 3. The fourth-order valence-electron chi connectivity index (χ4n) is 1.07. The highest BCUT2D eigenvalue weighted by Gasteiger charge is 2.27. The van der Waals surface area contributed by atoms with E-state index in [-0.39, 0.29) is 11.3 Å². The summed E-state index contributed by atoms with van der Waals surface area (Å²) in [5, 5.41) is 9.31. The van der Waals surface area contributed by atoms with Crippen LogP contribution in [0.5, 0.6) is 0 Å². The standard InChI is InChI=1S/C10H18N4O/c1-10(2,3)8(11)9(15)12-6-7-4-5-13-14-7/h4-5,8H,6,11H2,1-3H3,(H,12,15)(H,13,14)/t8-/m0/s1. The van der Waals surface area contributed by atoms with E-state index in [1.807, 2.05) is 26.8 Å². The SMILES string of the molecule is CC(C)(C)[C@@H](N)C(=O)NCc1ccn[nH]1. The molecule has 4 N–H and O–H groups in total. The van der Waals surface area contributed by atoms with Crippen LogP contribution in [0.4, 0.5) is 0 Å². The first-order valence-corrected chi connectivity index (χ1v) is 4.93. The molecule has 84 valence electrons. The molecule has 1 aromatic rings. The first-order valence-electron chi connectivity index (χ1n) is 4.93. The molecule has 1 amide bonds. The van der Waals surface area contributed by atoms with E-state index in [1.165, 1.54) is 0 Å². The quantitative estimate of drug-likeness (QED) is 0.675. The van der Waals surface area contributed by atoms with E-state index in [0.717, 1.165) is 5.69 Å². The summed E-state index contributed by atoms with van der Waals surface area (Å²) in [6, 6.07) is 1.31. The molecule has 0 aliphatic heterocycles. The van der Waals surface area contributed by atoms with Gasteiger partial charge in [-0.1, -0.05) is 20.8 Å². The van der Waals surface area contributed by atoms with Crippen molar-refractivity contribution in [3.8, 4) is 0 Å². The number of nitrogens with two attached hydrogens (primary N) is 1. The number of amides is 1. The minimum atomic E-state index is -0.500. The first kappa shape index (κ1) is 11.7. The molecule has 5 nitrogen and oxygen atoms in total. The average Bonchev–Trinajstić information content (AvgIpc) is 2.63. The number of aromatic amines is 1. The summed E-state index contributed by atoms with van der Waals surface area (Å²) in [7, 11) is 0. The van der Waals surface area contributed by atoms with E-state index >= 15 is 0 Å². The smallest absolute Gasteiger partial charge is 0.237 e. The second-order valence-electron chi connectivity index (χ2n) is 4.64. The normalized spacial score (nSPS) is 13.6. The van der Waals surface area contributed by atoms with Gasteiger partial charge in [0, 0.05) is 6.20 Å². The Kier molecular flexibility index (Phi) is 3.47. The summed E-state index contributed by atoms with van der Waals surface area (Å²) in [5.74, 6) is -0.142. The highest BCUT2D eigenvalue weighted by molar-refractivity contribution is 5.82. The molecule has 5 heteroatoms. The molecule has 1 atom stereocenters. The van der Waals surface area contributed by atoms with E-state index in [4.69, 9.17) is 5.73 Å². The molecule has 1 aromatic heterocycles. The largest absolute Gasteiger partial charge is 0.349 e. The highest BCUT2D eigenvalue weighted by Crippen LogP contribution is 2.17. The molecule has 1 rings (SSSR count). The van der Waals surface area contributed by atoms with Crippen LogP contribution in [0.2, 0.25) is 0 Å². The molecule has 0 bridgehead atoms. The molecule has 0 saturated carbocycles. The predicted octanol–water partition coefficient (Wildman–Crippen LogP) is 0.399. The second kappa shape index (κ2) is 4.44. The number of hydrogen-bond acceptors (Lipinski definition) is 3. The van der Waals surface area contributed by atoms with Gasteiger partial charge in [0.05, 0.1) is 18.3 Å². The van der Waals surface area contributed by atoms with Crippen molar-refractivity contribution in [2.24, 2.45) is 11.1 Å². The topological polar surface area (TPSA) is 83.8 Å². The summed E-state index contributed by atoms with van der Waals surface area (Å²) < 4.78 is 0. The molecule has 0 aliphatic rings. The minimum absolute atomic E-state index is 0.142. The lowest BCUT2D eigenvalue weighted by Crippen LogP contribution is -2.48. The fraction of sp³-hybridized carbons (Fsp3) is 0.600. The minimum Gasteiger partial charge on any atom is -0.349 e. The molecule has 0 unspecified atom stereocenters. The van der Waals surface area contributed by atoms with Crippen LogP contribution in [-0.4, -0.2) is 22.1 Å². The highest BCUT2D eigenvalue weighted by atomic mass is 16.2. The monoisotopic (exact) mass is 210 g/mol. The van der Waals surface area contributed by atoms with Crippen LogP contribution in [-0.2, 0) is 11.3 Å². The van der Waals surface area contributed by atoms with Gasteiger partial charge in [0.15, 0.2) is 0 Å². The Morgan fingerprint density at radius 3 is 2.80 bits per heavy atom. The van der Waals surface area contributed by atoms with Crippen LogP contribution in [0, 0.1) is 5.41 Å². The molecular weight excluding hydrogens is 192 g/mol. The number of carbonyl (C=O) groups excluding carboxylic acids is 1. The van der Waals surface area contributed by atoms with Crippen LogP contribution < -0.4 is 11.1 Å². The van der Waals surface area contributed by atoms with Crippen LogP contribution in [0.15, 0.2) is 12.3 Å². The van der Waals surface area contributed by atoms with E-state index in [0.29, 0.717) is 6.54 Å². The van der Waals surface area contributed by atoms with Gasteiger partial charge in [-0.25, -0.2) is 0 Å². The zero-order valence-corrected chi connectivity index (χ0v) is 9.37. The summed E-state index contributed by atoms with van der Waals surface area (Å²) >= 11 is 0. The molecule has 0 spiro atoms. The van der Waals surface area contributed by atoms with Gasteiger partial charge in [0.25, 0.3) is 0 Å². The summed E-state index contributed by atoms with van der Waals surface area (Å²) in [6.07, 6.45) is 1.64. The molecule has 0 aromatic carbocycles. The lowest BCUT2D eigenvalue weighted by atomic mass is 9.87.